The van der Waals surface area contributed by atoms with Crippen molar-refractivity contribution in [2.24, 2.45) is 5.92 Å². The summed E-state index contributed by atoms with van der Waals surface area (Å²) in [5.41, 5.74) is 2.20. The maximum Gasteiger partial charge on any atom is 0.253 e. The Bertz CT molecular complexity index is 1140. The molecule has 34 heavy (non-hydrogen) atoms. The summed E-state index contributed by atoms with van der Waals surface area (Å²) in [4.78, 5) is 43.1. The molecule has 2 aromatic rings. The summed E-state index contributed by atoms with van der Waals surface area (Å²) in [5, 5.41) is 7.11. The fraction of sp³-hybridized carbons (Fsp3) is 0.400. The van der Waals surface area contributed by atoms with Crippen LogP contribution in [0.3, 0.4) is 0 Å². The molecule has 1 aliphatic carbocycles. The van der Waals surface area contributed by atoms with Crippen molar-refractivity contribution in [1.82, 2.24) is 10.2 Å². The van der Waals surface area contributed by atoms with E-state index in [4.69, 9.17) is 23.2 Å². The maximum absolute atomic E-state index is 13.5. The SMILES string of the molecule is O=C1CC(c2ccc(Cl)cc2Cl)N(C(=O)C2CC2)c2ccc(C(=O)N3CCCNCC3)cc2N1. The second kappa shape index (κ2) is 9.56. The molecule has 0 bridgehead atoms. The van der Waals surface area contributed by atoms with Crippen LogP contribution in [0.15, 0.2) is 36.4 Å². The van der Waals surface area contributed by atoms with Crippen molar-refractivity contribution in [3.63, 3.8) is 0 Å². The summed E-state index contributed by atoms with van der Waals surface area (Å²) in [5.74, 6) is -0.429. The lowest BCUT2D eigenvalue weighted by Gasteiger charge is -2.31. The Kier molecular flexibility index (Phi) is 6.51. The second-order valence-electron chi connectivity index (χ2n) is 9.04. The van der Waals surface area contributed by atoms with Gasteiger partial charge in [-0.05, 0) is 61.7 Å². The molecule has 0 spiro atoms. The van der Waals surface area contributed by atoms with E-state index in [9.17, 15) is 14.4 Å². The second-order valence-corrected chi connectivity index (χ2v) is 9.89. The largest absolute Gasteiger partial charge is 0.337 e. The number of benzene rings is 2. The zero-order valence-corrected chi connectivity index (χ0v) is 20.2. The zero-order valence-electron chi connectivity index (χ0n) is 18.7. The average molecular weight is 501 g/mol. The van der Waals surface area contributed by atoms with Crippen LogP contribution >= 0.6 is 23.2 Å². The number of amides is 3. The quantitative estimate of drug-likeness (QED) is 0.659. The molecule has 2 heterocycles. The van der Waals surface area contributed by atoms with E-state index in [1.165, 1.54) is 0 Å². The summed E-state index contributed by atoms with van der Waals surface area (Å²) in [6, 6.07) is 9.73. The Morgan fingerprint density at radius 1 is 1.00 bits per heavy atom. The van der Waals surface area contributed by atoms with Gasteiger partial charge in [0.25, 0.3) is 5.91 Å². The van der Waals surface area contributed by atoms with Gasteiger partial charge in [0.1, 0.15) is 0 Å². The summed E-state index contributed by atoms with van der Waals surface area (Å²) in [6.45, 7) is 2.95. The van der Waals surface area contributed by atoms with E-state index >= 15 is 0 Å². The number of anilines is 2. The Morgan fingerprint density at radius 2 is 1.82 bits per heavy atom. The Hall–Kier alpha value is -2.61. The number of fused-ring (bicyclic) bond motifs is 1. The average Bonchev–Trinajstić information content (AvgIpc) is 3.66. The zero-order chi connectivity index (χ0) is 23.8. The molecule has 2 N–H and O–H groups in total. The Morgan fingerprint density at radius 3 is 2.59 bits per heavy atom. The molecule has 0 radical (unpaired) electrons. The summed E-state index contributed by atoms with van der Waals surface area (Å²) < 4.78 is 0. The number of rotatable bonds is 3. The lowest BCUT2D eigenvalue weighted by Crippen LogP contribution is -2.36. The van der Waals surface area contributed by atoms with E-state index < -0.39 is 6.04 Å². The van der Waals surface area contributed by atoms with E-state index in [0.29, 0.717) is 45.6 Å². The van der Waals surface area contributed by atoms with Gasteiger partial charge >= 0.3 is 0 Å². The van der Waals surface area contributed by atoms with Gasteiger partial charge in [-0.15, -0.1) is 0 Å². The van der Waals surface area contributed by atoms with E-state index in [1.54, 1.807) is 41.3 Å². The van der Waals surface area contributed by atoms with Crippen molar-refractivity contribution in [1.29, 1.82) is 0 Å². The molecule has 1 saturated carbocycles. The van der Waals surface area contributed by atoms with E-state index in [-0.39, 0.29) is 30.1 Å². The van der Waals surface area contributed by atoms with Crippen LogP contribution in [0.5, 0.6) is 0 Å². The van der Waals surface area contributed by atoms with Gasteiger partial charge < -0.3 is 20.4 Å². The predicted octanol–water partition coefficient (Wildman–Crippen LogP) is 4.26. The Labute approximate surface area is 208 Å². The fourth-order valence-electron chi connectivity index (χ4n) is 4.67. The van der Waals surface area contributed by atoms with Crippen molar-refractivity contribution in [2.75, 3.05) is 36.4 Å². The summed E-state index contributed by atoms with van der Waals surface area (Å²) >= 11 is 12.6. The van der Waals surface area contributed by atoms with Crippen LogP contribution in [0.4, 0.5) is 11.4 Å². The van der Waals surface area contributed by atoms with Crippen molar-refractivity contribution in [3.05, 3.63) is 57.6 Å². The molecule has 2 aliphatic heterocycles. The fourth-order valence-corrected chi connectivity index (χ4v) is 5.20. The van der Waals surface area contributed by atoms with Crippen LogP contribution in [0.1, 0.15) is 47.6 Å². The smallest absolute Gasteiger partial charge is 0.253 e. The standard InChI is InChI=1S/C25H26Cl2N4O3/c26-17-5-6-18(19(27)13-17)22-14-23(32)29-20-12-16(24(33)30-10-1-8-28-9-11-30)4-7-21(20)31(22)25(34)15-2-3-15/h4-7,12-13,15,22,28H,1-3,8-11,14H2,(H,29,32). The molecule has 1 saturated heterocycles. The number of halogens is 2. The summed E-state index contributed by atoms with van der Waals surface area (Å²) in [6.07, 6.45) is 2.59. The molecule has 3 amide bonds. The van der Waals surface area contributed by atoms with Gasteiger partial charge in [0.05, 0.1) is 23.8 Å². The maximum atomic E-state index is 13.5. The van der Waals surface area contributed by atoms with Gasteiger partial charge in [-0.2, -0.15) is 0 Å². The van der Waals surface area contributed by atoms with Gasteiger partial charge in [0.2, 0.25) is 11.8 Å². The first-order valence-corrected chi connectivity index (χ1v) is 12.4. The molecule has 5 rings (SSSR count). The van der Waals surface area contributed by atoms with Crippen LogP contribution in [0, 0.1) is 5.92 Å². The van der Waals surface area contributed by atoms with E-state index in [2.05, 4.69) is 10.6 Å². The van der Waals surface area contributed by atoms with Gasteiger partial charge in [0.15, 0.2) is 0 Å². The number of nitrogens with zero attached hydrogens (tertiary/aromatic N) is 2. The van der Waals surface area contributed by atoms with Crippen LogP contribution in [-0.4, -0.2) is 48.8 Å². The van der Waals surface area contributed by atoms with Crippen LogP contribution in [0.2, 0.25) is 10.0 Å². The van der Waals surface area contributed by atoms with Crippen molar-refractivity contribution >= 4 is 52.3 Å². The summed E-state index contributed by atoms with van der Waals surface area (Å²) in [7, 11) is 0. The first-order chi connectivity index (χ1) is 16.4. The molecule has 7 nitrogen and oxygen atoms in total. The molecule has 1 unspecified atom stereocenters. The molecule has 9 heteroatoms. The number of hydrogen-bond donors (Lipinski definition) is 2. The lowest BCUT2D eigenvalue weighted by molar-refractivity contribution is -0.120. The molecule has 1 atom stereocenters. The topological polar surface area (TPSA) is 81.8 Å². The van der Waals surface area contributed by atoms with Crippen LogP contribution in [-0.2, 0) is 9.59 Å². The van der Waals surface area contributed by atoms with Gasteiger partial charge in [-0.25, -0.2) is 0 Å². The number of carbonyl (C=O) groups is 3. The Balaban J connectivity index is 1.55. The number of nitrogens with one attached hydrogen (secondary N) is 2. The van der Waals surface area contributed by atoms with Crippen molar-refractivity contribution in [2.45, 2.75) is 31.7 Å². The highest BCUT2D eigenvalue weighted by atomic mass is 35.5. The molecular formula is C25H26Cl2N4O3. The lowest BCUT2D eigenvalue weighted by atomic mass is 10.00. The number of carbonyl (C=O) groups excluding carboxylic acids is 3. The highest BCUT2D eigenvalue weighted by Crippen LogP contribution is 2.44. The van der Waals surface area contributed by atoms with E-state index in [1.807, 2.05) is 4.90 Å². The monoisotopic (exact) mass is 500 g/mol. The molecule has 0 aromatic heterocycles. The number of hydrogen-bond acceptors (Lipinski definition) is 4. The third kappa shape index (κ3) is 4.65. The third-order valence-corrected chi connectivity index (χ3v) is 7.14. The molecule has 2 fully saturated rings. The van der Waals surface area contributed by atoms with Crippen LogP contribution < -0.4 is 15.5 Å². The van der Waals surface area contributed by atoms with Crippen molar-refractivity contribution < 1.29 is 14.4 Å². The highest BCUT2D eigenvalue weighted by molar-refractivity contribution is 6.35. The molecule has 3 aliphatic rings. The normalized spacial score (nSPS) is 20.8. The van der Waals surface area contributed by atoms with E-state index in [0.717, 1.165) is 32.4 Å². The first kappa shape index (κ1) is 23.1. The van der Waals surface area contributed by atoms with Gasteiger partial charge in [-0.1, -0.05) is 29.3 Å². The third-order valence-electron chi connectivity index (χ3n) is 6.58. The highest BCUT2D eigenvalue weighted by Gasteiger charge is 2.41. The van der Waals surface area contributed by atoms with Crippen LogP contribution in [0.25, 0.3) is 0 Å². The molecule has 2 aromatic carbocycles. The minimum absolute atomic E-state index is 0.0357. The van der Waals surface area contributed by atoms with Gasteiger partial charge in [-0.3, -0.25) is 14.4 Å². The minimum Gasteiger partial charge on any atom is -0.337 e. The first-order valence-electron chi connectivity index (χ1n) is 11.6. The predicted molar refractivity (Wildman–Crippen MR) is 132 cm³/mol. The molecule has 178 valence electrons. The van der Waals surface area contributed by atoms with Crippen molar-refractivity contribution in [3.8, 4) is 0 Å². The molecular weight excluding hydrogens is 475 g/mol. The minimum atomic E-state index is -0.572. The van der Waals surface area contributed by atoms with Gasteiger partial charge in [0, 0.05) is 41.2 Å².